The van der Waals surface area contributed by atoms with E-state index >= 15 is 0 Å². The fraction of sp³-hybridized carbons (Fsp3) is 0.548. The summed E-state index contributed by atoms with van der Waals surface area (Å²) >= 11 is 0. The van der Waals surface area contributed by atoms with Crippen molar-refractivity contribution in [3.63, 3.8) is 0 Å². The summed E-state index contributed by atoms with van der Waals surface area (Å²) in [5, 5.41) is 30.4. The Kier molecular flexibility index (Phi) is 6.25. The zero-order valence-corrected chi connectivity index (χ0v) is 22.3. The van der Waals surface area contributed by atoms with Crippen LogP contribution < -0.4 is 0 Å². The number of hydrogen-bond acceptors (Lipinski definition) is 5. The molecule has 3 N–H and O–H groups in total. The van der Waals surface area contributed by atoms with Gasteiger partial charge in [0.05, 0.1) is 11.8 Å². The zero-order valence-electron chi connectivity index (χ0n) is 22.3. The summed E-state index contributed by atoms with van der Waals surface area (Å²) in [5.74, 6) is 0.845. The Morgan fingerprint density at radius 2 is 1.68 bits per heavy atom. The number of aromatic amines is 1. The van der Waals surface area contributed by atoms with Gasteiger partial charge in [0.15, 0.2) is 0 Å². The molecule has 196 valence electrons. The number of benzene rings is 1. The lowest BCUT2D eigenvalue weighted by atomic mass is 9.61. The molecule has 3 fully saturated rings. The number of nitrogens with one attached hydrogen (secondary N) is 1. The van der Waals surface area contributed by atoms with Crippen molar-refractivity contribution in [3.05, 3.63) is 71.2 Å². The van der Waals surface area contributed by atoms with Crippen molar-refractivity contribution in [1.29, 1.82) is 0 Å². The van der Waals surface area contributed by atoms with E-state index in [9.17, 15) is 10.2 Å². The van der Waals surface area contributed by atoms with Crippen molar-refractivity contribution in [3.8, 4) is 11.3 Å². The molecule has 2 saturated carbocycles. The summed E-state index contributed by atoms with van der Waals surface area (Å²) in [6, 6.07) is 13.4. The van der Waals surface area contributed by atoms with Crippen LogP contribution in [0.3, 0.4) is 0 Å². The number of nitrogens with zero attached hydrogens (tertiary/aromatic N) is 3. The molecule has 1 saturated heterocycles. The third-order valence-electron chi connectivity index (χ3n) is 9.22. The number of aliphatic hydroxyl groups excluding tert-OH is 1. The van der Waals surface area contributed by atoms with E-state index < -0.39 is 5.60 Å². The van der Waals surface area contributed by atoms with Crippen LogP contribution in [0.2, 0.25) is 0 Å². The summed E-state index contributed by atoms with van der Waals surface area (Å²) in [7, 11) is 0. The van der Waals surface area contributed by atoms with Gasteiger partial charge in [0.2, 0.25) is 0 Å². The second kappa shape index (κ2) is 9.33. The Morgan fingerprint density at radius 1 is 0.973 bits per heavy atom. The first kappa shape index (κ1) is 24.8. The summed E-state index contributed by atoms with van der Waals surface area (Å²) in [6.07, 6.45) is 9.69. The molecule has 3 heterocycles. The maximum Gasteiger partial charge on any atom is 0.124 e. The van der Waals surface area contributed by atoms with Crippen LogP contribution in [0.25, 0.3) is 11.3 Å². The minimum atomic E-state index is -1.16. The first-order chi connectivity index (χ1) is 17.8. The molecule has 0 bridgehead atoms. The average Bonchev–Trinajstić information content (AvgIpc) is 3.62. The van der Waals surface area contributed by atoms with Crippen molar-refractivity contribution in [2.24, 2.45) is 5.41 Å². The van der Waals surface area contributed by atoms with Crippen LogP contribution in [0.1, 0.15) is 93.5 Å². The highest BCUT2D eigenvalue weighted by molar-refractivity contribution is 5.60. The molecular weight excluding hydrogens is 460 g/mol. The molecular formula is C31H40N4O2. The Morgan fingerprint density at radius 3 is 2.32 bits per heavy atom. The molecule has 3 aromatic rings. The molecule has 0 spiro atoms. The molecule has 6 nitrogen and oxygen atoms in total. The van der Waals surface area contributed by atoms with Crippen molar-refractivity contribution in [2.75, 3.05) is 13.1 Å². The van der Waals surface area contributed by atoms with Crippen LogP contribution in [-0.2, 0) is 5.60 Å². The molecule has 3 aliphatic rings. The molecule has 0 unspecified atom stereocenters. The smallest absolute Gasteiger partial charge is 0.124 e. The van der Waals surface area contributed by atoms with Crippen molar-refractivity contribution in [1.82, 2.24) is 20.1 Å². The van der Waals surface area contributed by atoms with Gasteiger partial charge in [0.1, 0.15) is 5.60 Å². The van der Waals surface area contributed by atoms with Gasteiger partial charge in [-0.3, -0.25) is 15.0 Å². The fourth-order valence-electron chi connectivity index (χ4n) is 6.61. The third kappa shape index (κ3) is 4.43. The number of likely N-dealkylation sites (tertiary alicyclic amines) is 1. The lowest BCUT2D eigenvalue weighted by molar-refractivity contribution is -0.138. The fourth-order valence-corrected chi connectivity index (χ4v) is 6.61. The highest BCUT2D eigenvalue weighted by Crippen LogP contribution is 2.53. The van der Waals surface area contributed by atoms with Gasteiger partial charge >= 0.3 is 0 Å². The number of H-pyrrole nitrogens is 1. The Balaban J connectivity index is 1.34. The molecule has 1 atom stereocenters. The van der Waals surface area contributed by atoms with Crippen LogP contribution in [0, 0.1) is 5.41 Å². The van der Waals surface area contributed by atoms with Gasteiger partial charge in [-0.05, 0) is 67.7 Å². The Hall–Kier alpha value is -2.54. The molecule has 6 rings (SSSR count). The van der Waals surface area contributed by atoms with Crippen LogP contribution in [0.4, 0.5) is 0 Å². The minimum Gasteiger partial charge on any atom is -0.393 e. The predicted molar refractivity (Wildman–Crippen MR) is 145 cm³/mol. The lowest BCUT2D eigenvalue weighted by Crippen LogP contribution is -2.65. The average molecular weight is 501 g/mol. The van der Waals surface area contributed by atoms with Gasteiger partial charge in [-0.25, -0.2) is 0 Å². The van der Waals surface area contributed by atoms with Crippen LogP contribution in [0.5, 0.6) is 0 Å². The number of hydrogen-bond donors (Lipinski definition) is 3. The van der Waals surface area contributed by atoms with E-state index in [-0.39, 0.29) is 11.5 Å². The quantitative estimate of drug-likeness (QED) is 0.408. The standard InChI is InChI=1S/C31H40N4O2/c1-20(2)21-4-8-24(9-5-21)31(37,30(3)18-35(19-30)26-10-11-26)25-14-23(16-32-17-25)29-15-28(33-34-29)22-6-12-27(36)13-7-22/h4-5,8-9,14-17,20,22,26-27,36-37H,6-7,10-13,18-19H2,1-3H3,(H,33,34)/t22?,27?,31-/m0/s1. The van der Waals surface area contributed by atoms with Gasteiger partial charge in [-0.1, -0.05) is 45.0 Å². The van der Waals surface area contributed by atoms with E-state index in [0.29, 0.717) is 17.9 Å². The maximum atomic E-state index is 12.7. The zero-order chi connectivity index (χ0) is 25.8. The first-order valence-electron chi connectivity index (χ1n) is 14.0. The predicted octanol–water partition coefficient (Wildman–Crippen LogP) is 5.33. The van der Waals surface area contributed by atoms with Crippen LogP contribution in [-0.4, -0.2) is 55.5 Å². The molecule has 2 aliphatic carbocycles. The summed E-state index contributed by atoms with van der Waals surface area (Å²) < 4.78 is 0. The van der Waals surface area contributed by atoms with Gasteiger partial charge in [0, 0.05) is 59.7 Å². The van der Waals surface area contributed by atoms with E-state index in [4.69, 9.17) is 0 Å². The van der Waals surface area contributed by atoms with Crippen LogP contribution in [0.15, 0.2) is 48.8 Å². The van der Waals surface area contributed by atoms with Crippen molar-refractivity contribution >= 4 is 0 Å². The number of aliphatic hydroxyl groups is 2. The SMILES string of the molecule is CC(C)c1ccc([C@](O)(c2cncc(-c3cc(C4CCC(O)CC4)[nH]n3)c2)C2(C)CN(C3CC3)C2)cc1. The molecule has 1 aliphatic heterocycles. The Labute approximate surface area is 220 Å². The monoisotopic (exact) mass is 500 g/mol. The molecule has 0 radical (unpaired) electrons. The highest BCUT2D eigenvalue weighted by Gasteiger charge is 2.58. The van der Waals surface area contributed by atoms with Gasteiger partial charge in [0.25, 0.3) is 0 Å². The molecule has 37 heavy (non-hydrogen) atoms. The molecule has 0 amide bonds. The second-order valence-electron chi connectivity index (χ2n) is 12.4. The second-order valence-corrected chi connectivity index (χ2v) is 12.4. The number of aromatic nitrogens is 3. The topological polar surface area (TPSA) is 85.3 Å². The van der Waals surface area contributed by atoms with E-state index in [1.807, 2.05) is 12.4 Å². The Bertz CT molecular complexity index is 1230. The van der Waals surface area contributed by atoms with Crippen molar-refractivity contribution in [2.45, 2.75) is 88.9 Å². The van der Waals surface area contributed by atoms with Gasteiger partial charge in [-0.15, -0.1) is 0 Å². The number of rotatable bonds is 7. The normalized spacial score (nSPS) is 25.6. The summed E-state index contributed by atoms with van der Waals surface area (Å²) in [5.41, 5.74) is 4.45. The maximum absolute atomic E-state index is 12.7. The van der Waals surface area contributed by atoms with E-state index in [2.05, 4.69) is 77.3 Å². The summed E-state index contributed by atoms with van der Waals surface area (Å²) in [6.45, 7) is 8.37. The molecule has 2 aromatic heterocycles. The van der Waals surface area contributed by atoms with Crippen LogP contribution >= 0.6 is 0 Å². The first-order valence-corrected chi connectivity index (χ1v) is 14.0. The number of pyridine rings is 1. The largest absolute Gasteiger partial charge is 0.393 e. The van der Waals surface area contributed by atoms with E-state index in [1.54, 1.807) is 0 Å². The lowest BCUT2D eigenvalue weighted by Gasteiger charge is -2.57. The van der Waals surface area contributed by atoms with E-state index in [1.165, 1.54) is 18.4 Å². The van der Waals surface area contributed by atoms with Gasteiger partial charge in [-0.2, -0.15) is 5.10 Å². The van der Waals surface area contributed by atoms with Crippen molar-refractivity contribution < 1.29 is 10.2 Å². The highest BCUT2D eigenvalue weighted by atomic mass is 16.3. The van der Waals surface area contributed by atoms with E-state index in [0.717, 1.165) is 66.9 Å². The van der Waals surface area contributed by atoms with Gasteiger partial charge < -0.3 is 10.2 Å². The third-order valence-corrected chi connectivity index (χ3v) is 9.22. The summed E-state index contributed by atoms with van der Waals surface area (Å²) in [4.78, 5) is 7.13. The minimum absolute atomic E-state index is 0.171. The molecule has 1 aromatic carbocycles. The molecule has 6 heteroatoms.